The van der Waals surface area contributed by atoms with Crippen molar-refractivity contribution in [2.45, 2.75) is 38.1 Å². The Morgan fingerprint density at radius 3 is 2.84 bits per heavy atom. The molecule has 0 spiro atoms. The second-order valence-electron chi connectivity index (χ2n) is 9.87. The summed E-state index contributed by atoms with van der Waals surface area (Å²) in [6.07, 6.45) is 4.69. The molecule has 2 fully saturated rings. The van der Waals surface area contributed by atoms with Crippen LogP contribution in [0.5, 0.6) is 5.75 Å². The van der Waals surface area contributed by atoms with E-state index in [2.05, 4.69) is 25.6 Å². The zero-order valence-corrected chi connectivity index (χ0v) is 21.2. The van der Waals surface area contributed by atoms with Gasteiger partial charge >= 0.3 is 0 Å². The molecule has 1 unspecified atom stereocenters. The molecule has 2 saturated carbocycles. The fourth-order valence-electron chi connectivity index (χ4n) is 5.70. The third-order valence-corrected chi connectivity index (χ3v) is 7.68. The van der Waals surface area contributed by atoms with Gasteiger partial charge in [0.25, 0.3) is 0 Å². The number of carbonyl (C=O) groups excluding carboxylic acids is 1. The number of hydrogen-bond donors (Lipinski definition) is 4. The summed E-state index contributed by atoms with van der Waals surface area (Å²) in [5.74, 6) is 0.894. The van der Waals surface area contributed by atoms with E-state index < -0.39 is 23.7 Å². The molecular formula is C26H28N8O4. The number of anilines is 1. The predicted octanol–water partition coefficient (Wildman–Crippen LogP) is 1.24. The number of nitrogens with one attached hydrogen (secondary N) is 2. The average Bonchev–Trinajstić information content (AvgIpc) is 3.47. The van der Waals surface area contributed by atoms with E-state index in [-0.39, 0.29) is 11.8 Å². The molecule has 0 bridgehead atoms. The van der Waals surface area contributed by atoms with Crippen LogP contribution in [0.3, 0.4) is 0 Å². The van der Waals surface area contributed by atoms with Gasteiger partial charge in [0.05, 0.1) is 49.4 Å². The summed E-state index contributed by atoms with van der Waals surface area (Å²) in [6.45, 7) is 2.41. The van der Waals surface area contributed by atoms with Crippen molar-refractivity contribution in [3.8, 4) is 17.1 Å². The number of aliphatic hydroxyl groups is 2. The van der Waals surface area contributed by atoms with Crippen molar-refractivity contribution in [2.75, 3.05) is 19.5 Å². The van der Waals surface area contributed by atoms with Crippen molar-refractivity contribution >= 4 is 22.9 Å². The van der Waals surface area contributed by atoms with Gasteiger partial charge in [-0.1, -0.05) is 0 Å². The zero-order chi connectivity index (χ0) is 26.6. The summed E-state index contributed by atoms with van der Waals surface area (Å²) in [7, 11) is 3.09. The summed E-state index contributed by atoms with van der Waals surface area (Å²) in [6, 6.07) is 5.12. The second kappa shape index (κ2) is 8.99. The maximum atomic E-state index is 12.6. The molecule has 0 aromatic carbocycles. The second-order valence-corrected chi connectivity index (χ2v) is 9.87. The average molecular weight is 517 g/mol. The Morgan fingerprint density at radius 1 is 1.24 bits per heavy atom. The minimum Gasteiger partial charge on any atom is -0.495 e. The van der Waals surface area contributed by atoms with Gasteiger partial charge in [0.15, 0.2) is 17.3 Å². The van der Waals surface area contributed by atoms with Crippen molar-refractivity contribution in [2.24, 2.45) is 11.3 Å². The van der Waals surface area contributed by atoms with Crippen molar-refractivity contribution in [3.63, 3.8) is 0 Å². The smallest absolute Gasteiger partial charge is 0.229 e. The number of hydrogen-bond acceptors (Lipinski definition) is 10. The highest BCUT2D eigenvalue weighted by Gasteiger charge is 2.75. The lowest BCUT2D eigenvalue weighted by Gasteiger charge is -2.23. The van der Waals surface area contributed by atoms with Gasteiger partial charge in [-0.2, -0.15) is 0 Å². The van der Waals surface area contributed by atoms with E-state index in [1.54, 1.807) is 42.7 Å². The number of pyridine rings is 2. The predicted molar refractivity (Wildman–Crippen MR) is 137 cm³/mol. The Balaban J connectivity index is 1.45. The molecule has 0 aliphatic heterocycles. The van der Waals surface area contributed by atoms with Gasteiger partial charge in [-0.05, 0) is 37.1 Å². The Kier molecular flexibility index (Phi) is 5.73. The standard InChI is InChI=1S/C26H28N8O4/c1-13-4-5-29-15(6-13)10-30-23-18-24(33-22(32-23)14-7-16(38-3)11-28-9-14)34(12-31-18)19-17-8-26(17,25(37)27-2)21(36)20(19)35/h4-7,9,11-12,17,19-21,35-36H,8,10H2,1-3H3,(H,27,37)(H,30,32,33)/t17-,19?,20+,21+,26+/m1/s1. The van der Waals surface area contributed by atoms with Crippen LogP contribution in [-0.4, -0.2) is 72.0 Å². The van der Waals surface area contributed by atoms with Gasteiger partial charge in [-0.3, -0.25) is 14.8 Å². The highest BCUT2D eigenvalue weighted by Crippen LogP contribution is 2.67. The summed E-state index contributed by atoms with van der Waals surface area (Å²) < 4.78 is 7.08. The molecular weight excluding hydrogens is 488 g/mol. The van der Waals surface area contributed by atoms with Crippen LogP contribution < -0.4 is 15.4 Å². The number of aromatic nitrogens is 6. The fourth-order valence-corrected chi connectivity index (χ4v) is 5.70. The van der Waals surface area contributed by atoms with E-state index in [9.17, 15) is 15.0 Å². The molecule has 6 rings (SSSR count). The molecule has 4 heterocycles. The van der Waals surface area contributed by atoms with E-state index in [1.807, 2.05) is 19.1 Å². The number of aryl methyl sites for hydroxylation is 1. The highest BCUT2D eigenvalue weighted by atomic mass is 16.5. The van der Waals surface area contributed by atoms with Crippen molar-refractivity contribution < 1.29 is 19.7 Å². The number of amides is 1. The molecule has 2 aliphatic carbocycles. The summed E-state index contributed by atoms with van der Waals surface area (Å²) in [4.78, 5) is 35.4. The van der Waals surface area contributed by atoms with Crippen LogP contribution >= 0.6 is 0 Å². The largest absolute Gasteiger partial charge is 0.495 e. The Morgan fingerprint density at radius 2 is 2.08 bits per heavy atom. The van der Waals surface area contributed by atoms with Gasteiger partial charge in [0.2, 0.25) is 5.91 Å². The first-order valence-electron chi connectivity index (χ1n) is 12.3. The van der Waals surface area contributed by atoms with E-state index in [4.69, 9.17) is 14.7 Å². The van der Waals surface area contributed by atoms with E-state index in [1.165, 1.54) is 7.05 Å². The normalized spacial score (nSPS) is 25.7. The van der Waals surface area contributed by atoms with Crippen LogP contribution in [-0.2, 0) is 11.3 Å². The van der Waals surface area contributed by atoms with E-state index in [0.717, 1.165) is 11.3 Å². The van der Waals surface area contributed by atoms with Gasteiger partial charge in [-0.15, -0.1) is 0 Å². The van der Waals surface area contributed by atoms with E-state index >= 15 is 0 Å². The number of carbonyl (C=O) groups is 1. The van der Waals surface area contributed by atoms with Crippen LogP contribution in [0.1, 0.15) is 23.7 Å². The molecule has 5 atom stereocenters. The lowest BCUT2D eigenvalue weighted by atomic mass is 9.98. The quantitative estimate of drug-likeness (QED) is 0.281. The number of fused-ring (bicyclic) bond motifs is 2. The molecule has 4 aromatic rings. The van der Waals surface area contributed by atoms with Crippen LogP contribution in [0.25, 0.3) is 22.6 Å². The minimum absolute atomic E-state index is 0.255. The molecule has 0 radical (unpaired) electrons. The maximum Gasteiger partial charge on any atom is 0.229 e. The van der Waals surface area contributed by atoms with Crippen LogP contribution in [0.4, 0.5) is 5.82 Å². The minimum atomic E-state index is -1.19. The number of aliphatic hydroxyl groups excluding tert-OH is 2. The fraction of sp³-hybridized carbons (Fsp3) is 0.385. The molecule has 12 heteroatoms. The molecule has 1 amide bonds. The summed E-state index contributed by atoms with van der Waals surface area (Å²) in [5, 5.41) is 27.9. The highest BCUT2D eigenvalue weighted by molar-refractivity contribution is 5.88. The number of nitrogens with zero attached hydrogens (tertiary/aromatic N) is 6. The number of methoxy groups -OCH3 is 1. The molecule has 0 saturated heterocycles. The molecule has 38 heavy (non-hydrogen) atoms. The van der Waals surface area contributed by atoms with Crippen molar-refractivity contribution in [3.05, 3.63) is 54.4 Å². The van der Waals surface area contributed by atoms with Crippen LogP contribution in [0.2, 0.25) is 0 Å². The SMILES string of the molecule is CNC(=O)[C@@]12C[C@@H]1C(n1cnc3c(NCc4cc(C)ccn4)nc(-c4cncc(OC)c4)nc31)[C@H](O)[C@@H]2O. The van der Waals surface area contributed by atoms with Crippen molar-refractivity contribution in [1.82, 2.24) is 34.8 Å². The summed E-state index contributed by atoms with van der Waals surface area (Å²) >= 11 is 0. The molecule has 12 nitrogen and oxygen atoms in total. The topological polar surface area (TPSA) is 160 Å². The Hall–Kier alpha value is -4.16. The first-order valence-corrected chi connectivity index (χ1v) is 12.3. The maximum absolute atomic E-state index is 12.6. The number of rotatable bonds is 7. The van der Waals surface area contributed by atoms with Crippen LogP contribution in [0, 0.1) is 18.3 Å². The number of ether oxygens (including phenoxy) is 1. The lowest BCUT2D eigenvalue weighted by Crippen LogP contribution is -2.41. The Bertz CT molecular complexity index is 1540. The van der Waals surface area contributed by atoms with Gasteiger partial charge in [0.1, 0.15) is 17.4 Å². The molecule has 4 aromatic heterocycles. The third kappa shape index (κ3) is 3.67. The Labute approximate surface area is 218 Å². The summed E-state index contributed by atoms with van der Waals surface area (Å²) in [5.41, 5.74) is 2.51. The first kappa shape index (κ1) is 24.2. The monoisotopic (exact) mass is 516 g/mol. The molecule has 2 aliphatic rings. The van der Waals surface area contributed by atoms with Gasteiger partial charge in [-0.25, -0.2) is 15.0 Å². The first-order chi connectivity index (χ1) is 18.4. The lowest BCUT2D eigenvalue weighted by molar-refractivity contribution is -0.132. The van der Waals surface area contributed by atoms with Crippen molar-refractivity contribution in [1.29, 1.82) is 0 Å². The van der Waals surface area contributed by atoms with Gasteiger partial charge in [0, 0.05) is 30.9 Å². The van der Waals surface area contributed by atoms with Crippen LogP contribution in [0.15, 0.2) is 43.1 Å². The van der Waals surface area contributed by atoms with E-state index in [0.29, 0.717) is 47.1 Å². The zero-order valence-electron chi connectivity index (χ0n) is 21.2. The number of imidazole rings is 1. The molecule has 196 valence electrons. The molecule has 4 N–H and O–H groups in total. The van der Waals surface area contributed by atoms with Gasteiger partial charge < -0.3 is 30.2 Å². The third-order valence-electron chi connectivity index (χ3n) is 7.68.